The molecule has 0 amide bonds. The van der Waals surface area contributed by atoms with Gasteiger partial charge in [0, 0.05) is 0 Å². The van der Waals surface area contributed by atoms with Gasteiger partial charge < -0.3 is 14.2 Å². The third-order valence-corrected chi connectivity index (χ3v) is 20.2. The maximum Gasteiger partial charge on any atom is 0.206 e. The number of hydrogen-bond donors (Lipinski definition) is 2. The van der Waals surface area contributed by atoms with E-state index in [2.05, 4.69) is 104 Å². The van der Waals surface area contributed by atoms with Gasteiger partial charge >= 0.3 is 0 Å². The molecule has 0 bridgehead atoms. The quantitative estimate of drug-likeness (QED) is 0.487. The molecule has 0 saturated carbocycles. The molecule has 0 heterocycles. The van der Waals surface area contributed by atoms with E-state index in [0.29, 0.717) is 11.1 Å². The summed E-state index contributed by atoms with van der Waals surface area (Å²) in [5.74, 6) is 0. The van der Waals surface area contributed by atoms with Crippen LogP contribution in [0, 0.1) is 0 Å². The van der Waals surface area contributed by atoms with Crippen molar-refractivity contribution in [2.24, 2.45) is 0 Å². The molecule has 0 fully saturated rings. The summed E-state index contributed by atoms with van der Waals surface area (Å²) >= 11 is 0. The van der Waals surface area contributed by atoms with Crippen molar-refractivity contribution in [3.8, 4) is 0 Å². The van der Waals surface area contributed by atoms with Crippen molar-refractivity contribution < 1.29 is 0 Å². The Hall–Kier alpha value is 0.314. The minimum Gasteiger partial charge on any atom is -0.325 e. The van der Waals surface area contributed by atoms with Crippen molar-refractivity contribution in [3.63, 3.8) is 0 Å². The van der Waals surface area contributed by atoms with Gasteiger partial charge in [0.1, 0.15) is 0 Å². The lowest BCUT2D eigenvalue weighted by Crippen LogP contribution is -2.84. The van der Waals surface area contributed by atoms with E-state index in [1.165, 1.54) is 0 Å². The van der Waals surface area contributed by atoms with Gasteiger partial charge in [0.05, 0.1) is 0 Å². The summed E-state index contributed by atoms with van der Waals surface area (Å²) < 4.78 is 3.04. The van der Waals surface area contributed by atoms with Crippen LogP contribution in [0.4, 0.5) is 0 Å². The summed E-state index contributed by atoms with van der Waals surface area (Å²) in [7, 11) is -3.93. The van der Waals surface area contributed by atoms with E-state index in [0.717, 1.165) is 19.6 Å². The smallest absolute Gasteiger partial charge is 0.206 e. The largest absolute Gasteiger partial charge is 0.325 e. The fourth-order valence-electron chi connectivity index (χ4n) is 5.61. The second-order valence-electron chi connectivity index (χ2n) is 10.1. The highest BCUT2D eigenvalue weighted by Gasteiger charge is 2.62. The van der Waals surface area contributed by atoms with Crippen molar-refractivity contribution in [3.05, 3.63) is 0 Å². The van der Waals surface area contributed by atoms with E-state index in [9.17, 15) is 0 Å². The highest BCUT2D eigenvalue weighted by molar-refractivity contribution is 6.94. The third kappa shape index (κ3) is 4.42. The Balaban J connectivity index is 6.88. The normalized spacial score (nSPS) is 18.7. The number of hydrogen-bond acceptors (Lipinski definition) is 3. The zero-order valence-electron chi connectivity index (χ0n) is 19.7. The molecule has 0 aliphatic heterocycles. The monoisotopic (exact) mass is 387 g/mol. The first-order valence-electron chi connectivity index (χ1n) is 10.5. The molecular formula is C20H49N3Si2. The Labute approximate surface area is 162 Å². The van der Waals surface area contributed by atoms with Crippen LogP contribution in [0.5, 0.6) is 0 Å². The topological polar surface area (TPSA) is 27.3 Å². The minimum atomic E-state index is -1.97. The second-order valence-corrected chi connectivity index (χ2v) is 20.8. The van der Waals surface area contributed by atoms with Crippen LogP contribution in [0.15, 0.2) is 0 Å². The Kier molecular flexibility index (Phi) is 9.12. The van der Waals surface area contributed by atoms with Crippen LogP contribution in [0.1, 0.15) is 90.0 Å². The number of nitrogens with one attached hydrogen (secondary N) is 2. The van der Waals surface area contributed by atoms with Gasteiger partial charge in [-0.1, -0.05) is 90.0 Å². The first-order chi connectivity index (χ1) is 11.2. The molecule has 2 atom stereocenters. The molecule has 0 radical (unpaired) electrons. The molecule has 0 aromatic carbocycles. The molecule has 5 heteroatoms. The van der Waals surface area contributed by atoms with E-state index in [4.69, 9.17) is 0 Å². The highest BCUT2D eigenvalue weighted by Crippen LogP contribution is 2.52. The van der Waals surface area contributed by atoms with E-state index in [-0.39, 0.29) is 10.1 Å². The standard InChI is InChI=1S/C20H49N3Si2/c1-14-21-24(17(4)5,19(8,9)10)23(16-3)25(18(6)7,22-15-2)20(11,12)13/h17-18,21-22H,14-16H2,1-13H3. The van der Waals surface area contributed by atoms with Crippen LogP contribution in [0.25, 0.3) is 0 Å². The molecule has 0 aliphatic carbocycles. The van der Waals surface area contributed by atoms with Crippen molar-refractivity contribution >= 4 is 16.8 Å². The fraction of sp³-hybridized carbons (Fsp3) is 1.00. The predicted octanol–water partition coefficient (Wildman–Crippen LogP) is 5.83. The lowest BCUT2D eigenvalue weighted by Gasteiger charge is -2.63. The minimum absolute atomic E-state index is 0.265. The summed E-state index contributed by atoms with van der Waals surface area (Å²) in [6.07, 6.45) is 0. The summed E-state index contributed by atoms with van der Waals surface area (Å²) in [4.78, 5) is 8.27. The molecule has 0 aliphatic rings. The SMILES string of the molecule is CCN[Si](C(C)C)(N(CC)[Si](NCC)(C(C)C)C(C)(C)C)C(C)(C)C. The van der Waals surface area contributed by atoms with Crippen LogP contribution < -0.4 is 9.96 Å². The first kappa shape index (κ1) is 25.3. The molecule has 0 aromatic rings. The Morgan fingerprint density at radius 1 is 0.680 bits per heavy atom. The maximum atomic E-state index is 4.14. The van der Waals surface area contributed by atoms with Crippen LogP contribution in [-0.2, 0) is 0 Å². The van der Waals surface area contributed by atoms with Crippen molar-refractivity contribution in [2.75, 3.05) is 19.6 Å². The second kappa shape index (κ2) is 9.00. The molecule has 3 nitrogen and oxygen atoms in total. The van der Waals surface area contributed by atoms with E-state index in [1.54, 1.807) is 0 Å². The van der Waals surface area contributed by atoms with Crippen molar-refractivity contribution in [2.45, 2.75) is 111 Å². The Morgan fingerprint density at radius 3 is 1.08 bits per heavy atom. The predicted molar refractivity (Wildman–Crippen MR) is 121 cm³/mol. The van der Waals surface area contributed by atoms with Gasteiger partial charge in [-0.15, -0.1) is 0 Å². The van der Waals surface area contributed by atoms with Gasteiger partial charge in [0.25, 0.3) is 0 Å². The highest BCUT2D eigenvalue weighted by atomic mass is 28.4. The molecule has 25 heavy (non-hydrogen) atoms. The van der Waals surface area contributed by atoms with Crippen molar-refractivity contribution in [1.82, 2.24) is 14.2 Å². The van der Waals surface area contributed by atoms with Gasteiger partial charge in [0.15, 0.2) is 0 Å². The van der Waals surface area contributed by atoms with E-state index in [1.807, 2.05) is 0 Å². The van der Waals surface area contributed by atoms with E-state index < -0.39 is 16.8 Å². The fourth-order valence-corrected chi connectivity index (χ4v) is 22.5. The van der Waals surface area contributed by atoms with Gasteiger partial charge in [0.2, 0.25) is 16.8 Å². The zero-order valence-corrected chi connectivity index (χ0v) is 21.7. The third-order valence-electron chi connectivity index (χ3n) is 6.02. The molecule has 2 N–H and O–H groups in total. The van der Waals surface area contributed by atoms with Crippen LogP contribution in [-0.4, -0.2) is 40.7 Å². The zero-order chi connectivity index (χ0) is 20.3. The molecule has 0 aromatic heterocycles. The molecule has 0 saturated heterocycles. The van der Waals surface area contributed by atoms with Crippen LogP contribution in [0.3, 0.4) is 0 Å². The number of rotatable bonds is 9. The van der Waals surface area contributed by atoms with Crippen LogP contribution >= 0.6 is 0 Å². The lowest BCUT2D eigenvalue weighted by molar-refractivity contribution is 0.451. The average Bonchev–Trinajstić information content (AvgIpc) is 2.42. The molecule has 152 valence electrons. The van der Waals surface area contributed by atoms with Gasteiger partial charge in [-0.05, 0) is 40.8 Å². The maximum absolute atomic E-state index is 4.14. The molecule has 0 spiro atoms. The van der Waals surface area contributed by atoms with Crippen molar-refractivity contribution in [1.29, 1.82) is 0 Å². The Bertz CT molecular complexity index is 363. The Morgan fingerprint density at radius 2 is 0.960 bits per heavy atom. The lowest BCUT2D eigenvalue weighted by atomic mass is 10.2. The first-order valence-corrected chi connectivity index (χ1v) is 14.5. The summed E-state index contributed by atoms with van der Waals surface area (Å²) in [6.45, 7) is 34.8. The molecular weight excluding hydrogens is 338 g/mol. The summed E-state index contributed by atoms with van der Waals surface area (Å²) in [5.41, 5.74) is 1.30. The van der Waals surface area contributed by atoms with Crippen LogP contribution in [0.2, 0.25) is 21.2 Å². The molecule has 0 rings (SSSR count). The van der Waals surface area contributed by atoms with E-state index >= 15 is 0 Å². The van der Waals surface area contributed by atoms with Gasteiger partial charge in [-0.3, -0.25) is 0 Å². The number of nitrogens with zero attached hydrogens (tertiary/aromatic N) is 1. The average molecular weight is 388 g/mol. The summed E-state index contributed by atoms with van der Waals surface area (Å²) in [5, 5.41) is 0.530. The van der Waals surface area contributed by atoms with Gasteiger partial charge in [-0.25, -0.2) is 0 Å². The molecule has 2 unspecified atom stereocenters. The van der Waals surface area contributed by atoms with Gasteiger partial charge in [-0.2, -0.15) is 0 Å². The summed E-state index contributed by atoms with van der Waals surface area (Å²) in [6, 6.07) is 0.